The zero-order chi connectivity index (χ0) is 13.0. The highest BCUT2D eigenvalue weighted by atomic mass is 16.5. The molecule has 1 heterocycles. The average Bonchev–Trinajstić information content (AvgIpc) is 3.10. The van der Waals surface area contributed by atoms with Gasteiger partial charge in [0, 0.05) is 25.7 Å². The van der Waals surface area contributed by atoms with Crippen molar-refractivity contribution in [1.82, 2.24) is 10.2 Å². The zero-order valence-corrected chi connectivity index (χ0v) is 11.2. The summed E-state index contributed by atoms with van der Waals surface area (Å²) in [6.07, 6.45) is 4.11. The van der Waals surface area contributed by atoms with Crippen molar-refractivity contribution >= 4 is 5.91 Å². The normalized spacial score (nSPS) is 27.7. The van der Waals surface area contributed by atoms with Crippen molar-refractivity contribution in [3.63, 3.8) is 0 Å². The van der Waals surface area contributed by atoms with Gasteiger partial charge in [0.2, 0.25) is 5.91 Å². The summed E-state index contributed by atoms with van der Waals surface area (Å²) in [7, 11) is 0. The van der Waals surface area contributed by atoms with Crippen molar-refractivity contribution in [1.29, 1.82) is 0 Å². The first kappa shape index (κ1) is 13.8. The lowest BCUT2D eigenvalue weighted by molar-refractivity contribution is -0.131. The molecule has 5 nitrogen and oxygen atoms in total. The lowest BCUT2D eigenvalue weighted by atomic mass is 10.2. The molecule has 2 fully saturated rings. The summed E-state index contributed by atoms with van der Waals surface area (Å²) in [6.45, 7) is 5.41. The summed E-state index contributed by atoms with van der Waals surface area (Å²) < 4.78 is 5.57. The number of hydrogen-bond donors (Lipinski definition) is 2. The third-order valence-electron chi connectivity index (χ3n) is 3.83. The molecular weight excluding hydrogens is 230 g/mol. The maximum atomic E-state index is 11.9. The first-order chi connectivity index (χ1) is 8.74. The second-order valence-electron chi connectivity index (χ2n) is 5.21. The van der Waals surface area contributed by atoms with Crippen LogP contribution in [-0.4, -0.2) is 55.2 Å². The Hall–Kier alpha value is -0.650. The zero-order valence-electron chi connectivity index (χ0n) is 11.2. The van der Waals surface area contributed by atoms with Crippen molar-refractivity contribution in [2.24, 2.45) is 5.73 Å². The Morgan fingerprint density at radius 3 is 2.72 bits per heavy atom. The van der Waals surface area contributed by atoms with Crippen LogP contribution in [0.2, 0.25) is 0 Å². The van der Waals surface area contributed by atoms with Gasteiger partial charge in [-0.1, -0.05) is 6.92 Å². The molecule has 1 saturated heterocycles. The fourth-order valence-electron chi connectivity index (χ4n) is 2.55. The molecule has 104 valence electrons. The maximum Gasteiger partial charge on any atom is 0.249 e. The van der Waals surface area contributed by atoms with Gasteiger partial charge in [-0.2, -0.15) is 0 Å². The van der Waals surface area contributed by atoms with E-state index in [2.05, 4.69) is 17.1 Å². The van der Waals surface area contributed by atoms with E-state index in [9.17, 15) is 4.79 Å². The minimum absolute atomic E-state index is 0.0257. The van der Waals surface area contributed by atoms with Crippen LogP contribution in [0.3, 0.4) is 0 Å². The van der Waals surface area contributed by atoms with E-state index in [1.807, 2.05) is 0 Å². The highest BCUT2D eigenvalue weighted by Gasteiger charge is 2.30. The molecule has 2 rings (SSSR count). The number of likely N-dealkylation sites (N-methyl/N-ethyl adjacent to an activating group) is 1. The smallest absolute Gasteiger partial charge is 0.249 e. The summed E-state index contributed by atoms with van der Waals surface area (Å²) in [4.78, 5) is 14.3. The third-order valence-corrected chi connectivity index (χ3v) is 3.83. The minimum atomic E-state index is -0.283. The molecule has 5 heteroatoms. The van der Waals surface area contributed by atoms with Crippen LogP contribution in [0.1, 0.15) is 32.6 Å². The van der Waals surface area contributed by atoms with Crippen molar-refractivity contribution in [3.8, 4) is 0 Å². The highest BCUT2D eigenvalue weighted by Crippen LogP contribution is 2.25. The Labute approximate surface area is 109 Å². The first-order valence-corrected chi connectivity index (χ1v) is 7.12. The Bertz CT molecular complexity index is 281. The number of carbonyl (C=O) groups excluding carboxylic acids is 1. The Morgan fingerprint density at radius 2 is 2.17 bits per heavy atom. The van der Waals surface area contributed by atoms with Crippen LogP contribution in [0, 0.1) is 0 Å². The number of nitrogens with two attached hydrogens (primary N) is 1. The van der Waals surface area contributed by atoms with Crippen molar-refractivity contribution in [3.05, 3.63) is 0 Å². The minimum Gasteiger partial charge on any atom is -0.364 e. The number of amides is 1. The largest absolute Gasteiger partial charge is 0.364 e. The van der Waals surface area contributed by atoms with Gasteiger partial charge in [0.05, 0.1) is 6.10 Å². The summed E-state index contributed by atoms with van der Waals surface area (Å²) in [5, 5.41) is 2.97. The van der Waals surface area contributed by atoms with Crippen molar-refractivity contribution in [2.45, 2.75) is 50.9 Å². The van der Waals surface area contributed by atoms with E-state index in [1.165, 1.54) is 12.8 Å². The summed E-state index contributed by atoms with van der Waals surface area (Å²) in [5.41, 5.74) is 5.53. The summed E-state index contributed by atoms with van der Waals surface area (Å²) in [5.74, 6) is 0.0257. The van der Waals surface area contributed by atoms with Gasteiger partial charge in [-0.05, 0) is 32.2 Å². The number of nitrogens with one attached hydrogen (secondary N) is 1. The average molecular weight is 255 g/mol. The van der Waals surface area contributed by atoms with E-state index >= 15 is 0 Å². The quantitative estimate of drug-likeness (QED) is 0.677. The molecule has 1 aliphatic heterocycles. The molecule has 0 bridgehead atoms. The predicted molar refractivity (Wildman–Crippen MR) is 70.2 cm³/mol. The van der Waals surface area contributed by atoms with E-state index in [-0.39, 0.29) is 18.1 Å². The lowest BCUT2D eigenvalue weighted by Crippen LogP contribution is -2.40. The molecule has 0 radical (unpaired) electrons. The Morgan fingerprint density at radius 1 is 1.39 bits per heavy atom. The molecule has 0 aromatic carbocycles. The van der Waals surface area contributed by atoms with Gasteiger partial charge < -0.3 is 15.8 Å². The van der Waals surface area contributed by atoms with Crippen LogP contribution in [0.25, 0.3) is 0 Å². The predicted octanol–water partition coefficient (Wildman–Crippen LogP) is 0.0932. The van der Waals surface area contributed by atoms with Crippen LogP contribution in [0.4, 0.5) is 0 Å². The van der Waals surface area contributed by atoms with Crippen LogP contribution in [0.15, 0.2) is 0 Å². The number of rotatable bonds is 7. The second-order valence-corrected chi connectivity index (χ2v) is 5.21. The molecule has 2 unspecified atom stereocenters. The second kappa shape index (κ2) is 6.50. The van der Waals surface area contributed by atoms with Gasteiger partial charge in [0.25, 0.3) is 0 Å². The Kier molecular flexibility index (Phi) is 4.97. The molecule has 2 aliphatic rings. The molecule has 3 N–H and O–H groups in total. The number of hydrogen-bond acceptors (Lipinski definition) is 4. The van der Waals surface area contributed by atoms with Gasteiger partial charge in [-0.3, -0.25) is 9.69 Å². The number of nitrogens with zero attached hydrogens (tertiary/aromatic N) is 1. The lowest BCUT2D eigenvalue weighted by Gasteiger charge is -2.20. The van der Waals surface area contributed by atoms with Gasteiger partial charge in [0.1, 0.15) is 6.10 Å². The van der Waals surface area contributed by atoms with E-state index < -0.39 is 0 Å². The standard InChI is InChI=1S/C13H25N3O2/c1-2-16(10-3-4-10)8-7-15-13(17)12-6-5-11(9-14)18-12/h10-12H,2-9,14H2,1H3,(H,15,17). The summed E-state index contributed by atoms with van der Waals surface area (Å²) in [6, 6.07) is 0.760. The SMILES string of the molecule is CCN(CCNC(=O)C1CCC(CN)O1)C1CC1. The molecule has 1 aliphatic carbocycles. The molecule has 18 heavy (non-hydrogen) atoms. The van der Waals surface area contributed by atoms with Gasteiger partial charge >= 0.3 is 0 Å². The van der Waals surface area contributed by atoms with Crippen LogP contribution >= 0.6 is 0 Å². The van der Waals surface area contributed by atoms with E-state index in [4.69, 9.17) is 10.5 Å². The molecule has 1 saturated carbocycles. The maximum absolute atomic E-state index is 11.9. The highest BCUT2D eigenvalue weighted by molar-refractivity contribution is 5.81. The molecule has 0 aromatic rings. The Balaban J connectivity index is 1.62. The van der Waals surface area contributed by atoms with E-state index in [0.29, 0.717) is 6.54 Å². The van der Waals surface area contributed by atoms with Crippen LogP contribution < -0.4 is 11.1 Å². The molecule has 0 aromatic heterocycles. The van der Waals surface area contributed by atoms with Gasteiger partial charge in [-0.15, -0.1) is 0 Å². The summed E-state index contributed by atoms with van der Waals surface area (Å²) >= 11 is 0. The van der Waals surface area contributed by atoms with Gasteiger partial charge in [0.15, 0.2) is 0 Å². The van der Waals surface area contributed by atoms with E-state index in [1.54, 1.807) is 0 Å². The van der Waals surface area contributed by atoms with Crippen LogP contribution in [0.5, 0.6) is 0 Å². The van der Waals surface area contributed by atoms with E-state index in [0.717, 1.165) is 38.5 Å². The monoisotopic (exact) mass is 255 g/mol. The third kappa shape index (κ3) is 3.67. The number of ether oxygens (including phenoxy) is 1. The topological polar surface area (TPSA) is 67.6 Å². The van der Waals surface area contributed by atoms with Gasteiger partial charge in [-0.25, -0.2) is 0 Å². The first-order valence-electron chi connectivity index (χ1n) is 7.12. The molecule has 0 spiro atoms. The van der Waals surface area contributed by atoms with Crippen molar-refractivity contribution < 1.29 is 9.53 Å². The number of carbonyl (C=O) groups is 1. The fraction of sp³-hybridized carbons (Fsp3) is 0.923. The molecule has 2 atom stereocenters. The van der Waals surface area contributed by atoms with Crippen LogP contribution in [-0.2, 0) is 9.53 Å². The molecular formula is C13H25N3O2. The fourth-order valence-corrected chi connectivity index (χ4v) is 2.55. The molecule has 1 amide bonds. The van der Waals surface area contributed by atoms with Crippen molar-refractivity contribution in [2.75, 3.05) is 26.2 Å².